The molecule has 5 rings (SSSR count). The van der Waals surface area contributed by atoms with Crippen molar-refractivity contribution in [2.24, 2.45) is 0 Å². The van der Waals surface area contributed by atoms with Gasteiger partial charge in [-0.1, -0.05) is 36.8 Å². The molecule has 4 aliphatic rings. The summed E-state index contributed by atoms with van der Waals surface area (Å²) in [5.74, 6) is -2.31. The number of amides is 4. The average Bonchev–Trinajstić information content (AvgIpc) is 3.57. The molecule has 0 saturated carbocycles. The van der Waals surface area contributed by atoms with E-state index < -0.39 is 193 Å². The van der Waals surface area contributed by atoms with Crippen molar-refractivity contribution in [1.82, 2.24) is 31.7 Å². The molecule has 462 valence electrons. The molecule has 4 heterocycles. The molecule has 4 amide bonds. The van der Waals surface area contributed by atoms with Crippen LogP contribution in [0, 0.1) is 0 Å². The van der Waals surface area contributed by atoms with Crippen molar-refractivity contribution in [2.45, 2.75) is 168 Å². The number of benzene rings is 1. The second-order valence-corrected chi connectivity index (χ2v) is 19.9. The molecule has 0 radical (unpaired) electrons. The molecule has 32 heteroatoms. The Kier molecular flexibility index (Phi) is 28.4. The van der Waals surface area contributed by atoms with E-state index in [9.17, 15) is 90.4 Å². The predicted octanol–water partition coefficient (Wildman–Crippen LogP) is -10.1. The number of nitrogens with zero attached hydrogens (tertiary/aromatic N) is 1. The van der Waals surface area contributed by atoms with Gasteiger partial charge in [0, 0.05) is 26.1 Å². The summed E-state index contributed by atoms with van der Waals surface area (Å²) >= 11 is 0. The largest absolute Gasteiger partial charge is 0.394 e. The lowest BCUT2D eigenvalue weighted by Crippen LogP contribution is -2.65. The lowest BCUT2D eigenvalue weighted by atomic mass is 9.96. The Morgan fingerprint density at radius 3 is 1.60 bits per heavy atom. The third kappa shape index (κ3) is 20.3. The fourth-order valence-corrected chi connectivity index (χ4v) is 8.95. The zero-order valence-electron chi connectivity index (χ0n) is 44.5. The SMILES string of the molecule is C[C@@H]1O[C@@H](OCCNC(=O)CN(CC(=O)NCCCCCC(=O)NN[C@H](C=O)Cc2ccccc2)CC(=O)NCCO[C@H]2O[C@H](CO[C@H]3O[C@H](CO)[C@@H](O)[C@H](O)[C@@H]3O)[C@@H](O)[C@H](O[C@H]3O[C@H](CO)[C@@H](O)[C@H](O)[C@@H]3O)[C@@H]2O)[C@@H](O)[C@H](O)[C@@H]1O. The van der Waals surface area contributed by atoms with Crippen LogP contribution in [0.4, 0.5) is 0 Å². The molecule has 1 aromatic rings. The van der Waals surface area contributed by atoms with Gasteiger partial charge in [-0.05, 0) is 31.7 Å². The molecule has 81 heavy (non-hydrogen) atoms. The number of carbonyl (C=O) groups is 5. The second-order valence-electron chi connectivity index (χ2n) is 19.9. The maximum absolute atomic E-state index is 13.3. The number of hydrazine groups is 1. The summed E-state index contributed by atoms with van der Waals surface area (Å²) in [6.07, 6.45) is -30.7. The fraction of sp³-hybridized carbons (Fsp3) is 0.776. The minimum atomic E-state index is -1.99. The highest BCUT2D eigenvalue weighted by Crippen LogP contribution is 2.31. The van der Waals surface area contributed by atoms with E-state index in [0.717, 1.165) is 5.56 Å². The number of hydrogen-bond donors (Lipinski definition) is 18. The van der Waals surface area contributed by atoms with Crippen LogP contribution in [0.2, 0.25) is 0 Å². The maximum Gasteiger partial charge on any atom is 0.234 e. The minimum absolute atomic E-state index is 0.131. The monoisotopic (exact) mass is 1170 g/mol. The Bertz CT molecular complexity index is 2060. The summed E-state index contributed by atoms with van der Waals surface area (Å²) in [5.41, 5.74) is 6.16. The smallest absolute Gasteiger partial charge is 0.234 e. The van der Waals surface area contributed by atoms with Crippen LogP contribution in [0.25, 0.3) is 0 Å². The average molecular weight is 1170 g/mol. The third-order valence-electron chi connectivity index (χ3n) is 13.6. The molecule has 32 nitrogen and oxygen atoms in total. The van der Waals surface area contributed by atoms with Crippen molar-refractivity contribution in [3.63, 3.8) is 0 Å². The third-order valence-corrected chi connectivity index (χ3v) is 13.6. The molecule has 18 N–H and O–H groups in total. The van der Waals surface area contributed by atoms with Crippen LogP contribution in [0.15, 0.2) is 30.3 Å². The molecule has 4 aliphatic heterocycles. The maximum atomic E-state index is 13.3. The van der Waals surface area contributed by atoms with E-state index in [1.807, 2.05) is 30.3 Å². The number of rotatable bonds is 32. The minimum Gasteiger partial charge on any atom is -0.394 e. The zero-order valence-corrected chi connectivity index (χ0v) is 44.5. The van der Waals surface area contributed by atoms with Crippen LogP contribution >= 0.6 is 0 Å². The van der Waals surface area contributed by atoms with Crippen molar-refractivity contribution in [1.29, 1.82) is 0 Å². The van der Waals surface area contributed by atoms with Gasteiger partial charge in [0.05, 0.1) is 64.8 Å². The Hall–Kier alpha value is -4.15. The molecule has 0 aliphatic carbocycles. The Balaban J connectivity index is 1.14. The number of nitrogens with one attached hydrogen (secondary N) is 5. The number of ether oxygens (including phenoxy) is 8. The second kappa shape index (κ2) is 34.0. The predicted molar refractivity (Wildman–Crippen MR) is 269 cm³/mol. The lowest BCUT2D eigenvalue weighted by molar-refractivity contribution is -0.366. The molecule has 0 bridgehead atoms. The van der Waals surface area contributed by atoms with Crippen LogP contribution < -0.4 is 26.8 Å². The van der Waals surface area contributed by atoms with E-state index in [0.29, 0.717) is 32.0 Å². The molecule has 1 aromatic carbocycles. The van der Waals surface area contributed by atoms with E-state index >= 15 is 0 Å². The first-order valence-electron chi connectivity index (χ1n) is 26.6. The first kappa shape index (κ1) is 67.6. The Morgan fingerprint density at radius 1 is 0.556 bits per heavy atom. The summed E-state index contributed by atoms with van der Waals surface area (Å²) in [6, 6.07) is 8.61. The number of aldehydes is 1. The van der Waals surface area contributed by atoms with Crippen molar-refractivity contribution >= 4 is 29.9 Å². The van der Waals surface area contributed by atoms with E-state index in [-0.39, 0.29) is 38.6 Å². The van der Waals surface area contributed by atoms with Crippen molar-refractivity contribution < 1.29 is 128 Å². The van der Waals surface area contributed by atoms with Crippen LogP contribution in [-0.4, -0.2) is 302 Å². The van der Waals surface area contributed by atoms with Gasteiger partial charge < -0.3 is 125 Å². The van der Waals surface area contributed by atoms with Gasteiger partial charge in [-0.2, -0.15) is 0 Å². The Labute approximate surface area is 465 Å². The molecule has 4 saturated heterocycles. The highest BCUT2D eigenvalue weighted by atomic mass is 16.8. The van der Waals surface area contributed by atoms with E-state index in [1.165, 1.54) is 11.8 Å². The first-order chi connectivity index (χ1) is 38.7. The molecule has 0 aromatic heterocycles. The summed E-state index contributed by atoms with van der Waals surface area (Å²) in [6.45, 7) is -3.38. The number of unbranched alkanes of at least 4 members (excludes halogenated alkanes) is 2. The quantitative estimate of drug-likeness (QED) is 0.0181. The van der Waals surface area contributed by atoms with Gasteiger partial charge in [0.15, 0.2) is 25.2 Å². The topological polar surface area (TPSA) is 486 Å². The normalized spacial score (nSPS) is 34.7. The summed E-state index contributed by atoms with van der Waals surface area (Å²) in [4.78, 5) is 64.7. The van der Waals surface area contributed by atoms with E-state index in [1.54, 1.807) is 0 Å². The van der Waals surface area contributed by atoms with Gasteiger partial charge in [-0.15, -0.1) is 0 Å². The lowest BCUT2D eigenvalue weighted by Gasteiger charge is -2.46. The number of carbonyl (C=O) groups excluding carboxylic acids is 5. The zero-order chi connectivity index (χ0) is 59.3. The van der Waals surface area contributed by atoms with E-state index in [4.69, 9.17) is 37.9 Å². The van der Waals surface area contributed by atoms with Crippen LogP contribution in [0.5, 0.6) is 0 Å². The first-order valence-corrected chi connectivity index (χ1v) is 26.6. The van der Waals surface area contributed by atoms with Crippen LogP contribution in [-0.2, 0) is 68.3 Å². The molecule has 0 unspecified atom stereocenters. The van der Waals surface area contributed by atoms with Crippen molar-refractivity contribution in [3.8, 4) is 0 Å². The Morgan fingerprint density at radius 2 is 1.05 bits per heavy atom. The molecular formula is C49H80N6O26. The fourth-order valence-electron chi connectivity index (χ4n) is 8.95. The van der Waals surface area contributed by atoms with Crippen molar-refractivity contribution in [3.05, 3.63) is 35.9 Å². The van der Waals surface area contributed by atoms with Gasteiger partial charge in [-0.3, -0.25) is 29.5 Å². The van der Waals surface area contributed by atoms with Crippen molar-refractivity contribution in [2.75, 3.05) is 72.3 Å². The highest BCUT2D eigenvalue weighted by Gasteiger charge is 2.52. The number of aliphatic hydroxyl groups is 13. The number of aliphatic hydroxyl groups excluding tert-OH is 13. The van der Waals surface area contributed by atoms with Crippen LogP contribution in [0.3, 0.4) is 0 Å². The molecule has 4 fully saturated rings. The van der Waals surface area contributed by atoms with E-state index in [2.05, 4.69) is 26.8 Å². The molecular weight excluding hydrogens is 1090 g/mol. The van der Waals surface area contributed by atoms with Gasteiger partial charge >= 0.3 is 0 Å². The number of hydrogen-bond acceptors (Lipinski definition) is 28. The van der Waals surface area contributed by atoms with Gasteiger partial charge in [0.25, 0.3) is 0 Å². The highest BCUT2D eigenvalue weighted by molar-refractivity contribution is 5.84. The standard InChI is InChI=1S/C49H80N6O26/c1-24-34(63)38(67)41(70)46(77-24)74-14-12-51-32(61)18-55(17-31(60)50-11-7-3-6-10-30(59)54-53-26(20-56)16-25-8-4-2-5-9-25)19-33(62)52-13-15-75-48-44(73)45(81-49-43(72)40(69)36(65)28(22-58)79-49)37(66)29(80-48)23-76-47-42(71)39(68)35(64)27(21-57)78-47/h2,4-5,8-9,20,24,26-29,34-49,53,57-58,63-73H,3,6-7,10-19,21-23H2,1H3,(H,50,60)(H,51,61)(H,52,62)(H,54,59)/t24-,26-,27+,28+,29+,34+,35+,36+,37+,38+,39-,40-,41-,42-,43-,44-,45-,46+,47-,48-,49+/m0/s1. The summed E-state index contributed by atoms with van der Waals surface area (Å²) < 4.78 is 44.3. The summed E-state index contributed by atoms with van der Waals surface area (Å²) in [5, 5.41) is 142. The molecule has 0 spiro atoms. The van der Waals surface area contributed by atoms with Gasteiger partial charge in [0.2, 0.25) is 23.6 Å². The van der Waals surface area contributed by atoms with Crippen LogP contribution in [0.1, 0.15) is 38.2 Å². The summed E-state index contributed by atoms with van der Waals surface area (Å²) in [7, 11) is 0. The van der Waals surface area contributed by atoms with Gasteiger partial charge in [0.1, 0.15) is 97.8 Å². The molecule has 21 atom stereocenters. The van der Waals surface area contributed by atoms with Gasteiger partial charge in [-0.25, -0.2) is 5.43 Å².